The lowest BCUT2D eigenvalue weighted by atomic mass is 10.0. The molecule has 0 bridgehead atoms. The van der Waals surface area contributed by atoms with Crippen LogP contribution in [0.15, 0.2) is 76.5 Å². The number of hydrogen-bond acceptors (Lipinski definition) is 4. The average molecular weight is 463 g/mol. The maximum absolute atomic E-state index is 13.1. The van der Waals surface area contributed by atoms with Crippen molar-refractivity contribution in [2.24, 2.45) is 5.16 Å². The van der Waals surface area contributed by atoms with Gasteiger partial charge in [0.15, 0.2) is 11.9 Å². The second kappa shape index (κ2) is 9.08. The summed E-state index contributed by atoms with van der Waals surface area (Å²) in [6.07, 6.45) is -3.12. The predicted molar refractivity (Wildman–Crippen MR) is 112 cm³/mol. The lowest BCUT2D eigenvalue weighted by molar-refractivity contribution is -0.137. The van der Waals surface area contributed by atoms with E-state index >= 15 is 0 Å². The zero-order chi connectivity index (χ0) is 22.7. The molecule has 0 saturated heterocycles. The molecule has 1 unspecified atom stereocenters. The smallest absolute Gasteiger partial charge is 0.416 e. The summed E-state index contributed by atoms with van der Waals surface area (Å²) in [6.45, 7) is 0.0793. The van der Waals surface area contributed by atoms with Crippen molar-refractivity contribution in [3.63, 3.8) is 0 Å². The summed E-state index contributed by atoms with van der Waals surface area (Å²) in [5.74, 6) is -0.357. The Morgan fingerprint density at radius 3 is 2.59 bits per heavy atom. The van der Waals surface area contributed by atoms with Crippen molar-refractivity contribution < 1.29 is 27.2 Å². The van der Waals surface area contributed by atoms with Crippen molar-refractivity contribution in [2.75, 3.05) is 6.54 Å². The minimum Gasteiger partial charge on any atom is -0.459 e. The first-order valence-electron chi connectivity index (χ1n) is 9.77. The molecule has 1 aliphatic heterocycles. The van der Waals surface area contributed by atoms with Gasteiger partial charge >= 0.3 is 6.18 Å². The van der Waals surface area contributed by atoms with E-state index in [1.807, 2.05) is 12.1 Å². The van der Waals surface area contributed by atoms with Crippen molar-refractivity contribution in [3.05, 3.63) is 94.4 Å². The van der Waals surface area contributed by atoms with Gasteiger partial charge in [-0.3, -0.25) is 4.79 Å². The molecule has 0 saturated carbocycles. The van der Waals surface area contributed by atoms with Crippen LogP contribution in [0.5, 0.6) is 0 Å². The number of hydrogen-bond donors (Lipinski definition) is 0. The van der Waals surface area contributed by atoms with Gasteiger partial charge in [-0.15, -0.1) is 0 Å². The molecule has 1 aromatic heterocycles. The quantitative estimate of drug-likeness (QED) is 0.466. The molecule has 32 heavy (non-hydrogen) atoms. The SMILES string of the molecule is O=C(c1ccco1)N(Cc1cccc(C(F)(F)F)c1)CC1CC(c2ccc(Cl)cc2)=NO1. The van der Waals surface area contributed by atoms with Gasteiger partial charge in [-0.25, -0.2) is 0 Å². The van der Waals surface area contributed by atoms with Crippen LogP contribution < -0.4 is 0 Å². The van der Waals surface area contributed by atoms with Crippen LogP contribution in [0, 0.1) is 0 Å². The zero-order valence-corrected chi connectivity index (χ0v) is 17.4. The fourth-order valence-corrected chi connectivity index (χ4v) is 3.55. The Balaban J connectivity index is 1.51. The minimum absolute atomic E-state index is 0.0421. The largest absolute Gasteiger partial charge is 0.459 e. The number of rotatable bonds is 6. The highest BCUT2D eigenvalue weighted by molar-refractivity contribution is 6.30. The first-order valence-corrected chi connectivity index (χ1v) is 10.1. The number of benzene rings is 2. The number of furan rings is 1. The van der Waals surface area contributed by atoms with Gasteiger partial charge in [-0.2, -0.15) is 13.2 Å². The first-order chi connectivity index (χ1) is 15.3. The fourth-order valence-electron chi connectivity index (χ4n) is 3.43. The van der Waals surface area contributed by atoms with E-state index in [4.69, 9.17) is 20.9 Å². The third-order valence-electron chi connectivity index (χ3n) is 4.98. The molecule has 1 amide bonds. The molecule has 0 aliphatic carbocycles. The summed E-state index contributed by atoms with van der Waals surface area (Å²) in [4.78, 5) is 19.9. The van der Waals surface area contributed by atoms with E-state index in [1.54, 1.807) is 24.3 Å². The summed E-state index contributed by atoms with van der Waals surface area (Å²) in [5, 5.41) is 4.71. The Morgan fingerprint density at radius 2 is 1.91 bits per heavy atom. The zero-order valence-electron chi connectivity index (χ0n) is 16.7. The van der Waals surface area contributed by atoms with Gasteiger partial charge in [0.1, 0.15) is 0 Å². The van der Waals surface area contributed by atoms with Gasteiger partial charge in [-0.1, -0.05) is 41.0 Å². The highest BCUT2D eigenvalue weighted by Gasteiger charge is 2.32. The molecular weight excluding hydrogens is 445 g/mol. The van der Waals surface area contributed by atoms with Crippen LogP contribution in [0.3, 0.4) is 0 Å². The molecule has 4 rings (SSSR count). The molecule has 166 valence electrons. The van der Waals surface area contributed by atoms with Gasteiger partial charge in [0, 0.05) is 18.0 Å². The number of oxime groups is 1. The number of carbonyl (C=O) groups is 1. The molecule has 3 aromatic rings. The van der Waals surface area contributed by atoms with Crippen molar-refractivity contribution in [2.45, 2.75) is 25.2 Å². The van der Waals surface area contributed by atoms with E-state index < -0.39 is 23.8 Å². The maximum Gasteiger partial charge on any atom is 0.416 e. The van der Waals surface area contributed by atoms with E-state index in [0.717, 1.165) is 17.7 Å². The highest BCUT2D eigenvalue weighted by Crippen LogP contribution is 2.30. The summed E-state index contributed by atoms with van der Waals surface area (Å²) >= 11 is 5.92. The predicted octanol–water partition coefficient (Wildman–Crippen LogP) is 5.79. The van der Waals surface area contributed by atoms with Gasteiger partial charge in [-0.05, 0) is 47.5 Å². The molecule has 1 aliphatic rings. The lowest BCUT2D eigenvalue weighted by Crippen LogP contribution is -2.37. The van der Waals surface area contributed by atoms with E-state index in [1.165, 1.54) is 23.3 Å². The summed E-state index contributed by atoms with van der Waals surface area (Å²) in [6, 6.07) is 15.1. The number of carbonyl (C=O) groups excluding carboxylic acids is 1. The van der Waals surface area contributed by atoms with Crippen LogP contribution in [-0.4, -0.2) is 29.2 Å². The second-order valence-electron chi connectivity index (χ2n) is 7.34. The summed E-state index contributed by atoms with van der Waals surface area (Å²) in [5.41, 5.74) is 1.12. The Hall–Kier alpha value is -3.26. The molecule has 0 fully saturated rings. The normalized spacial score (nSPS) is 15.9. The number of halogens is 4. The average Bonchev–Trinajstić information content (AvgIpc) is 3.45. The van der Waals surface area contributed by atoms with E-state index in [-0.39, 0.29) is 18.8 Å². The number of amides is 1. The minimum atomic E-state index is -4.47. The molecular formula is C23H18ClF3N2O3. The highest BCUT2D eigenvalue weighted by atomic mass is 35.5. The van der Waals surface area contributed by atoms with Crippen molar-refractivity contribution >= 4 is 23.2 Å². The topological polar surface area (TPSA) is 55.0 Å². The molecule has 0 spiro atoms. The summed E-state index contributed by atoms with van der Waals surface area (Å²) < 4.78 is 44.5. The van der Waals surface area contributed by atoms with Crippen LogP contribution in [0.25, 0.3) is 0 Å². The van der Waals surface area contributed by atoms with Crippen LogP contribution in [0.4, 0.5) is 13.2 Å². The van der Waals surface area contributed by atoms with Gasteiger partial charge in [0.25, 0.3) is 5.91 Å². The van der Waals surface area contributed by atoms with Crippen LogP contribution in [0.1, 0.15) is 33.7 Å². The van der Waals surface area contributed by atoms with Crippen LogP contribution in [-0.2, 0) is 17.6 Å². The fraction of sp³-hybridized carbons (Fsp3) is 0.217. The number of alkyl halides is 3. The van der Waals surface area contributed by atoms with Crippen LogP contribution >= 0.6 is 11.6 Å². The Morgan fingerprint density at radius 1 is 1.12 bits per heavy atom. The first kappa shape index (κ1) is 22.0. The molecule has 1 atom stereocenters. The van der Waals surface area contributed by atoms with Crippen molar-refractivity contribution in [3.8, 4) is 0 Å². The third-order valence-corrected chi connectivity index (χ3v) is 5.23. The van der Waals surface area contributed by atoms with E-state index in [0.29, 0.717) is 22.7 Å². The van der Waals surface area contributed by atoms with Crippen molar-refractivity contribution in [1.29, 1.82) is 0 Å². The van der Waals surface area contributed by atoms with Gasteiger partial charge in [0.2, 0.25) is 0 Å². The molecule has 9 heteroatoms. The monoisotopic (exact) mass is 462 g/mol. The van der Waals surface area contributed by atoms with Crippen LogP contribution in [0.2, 0.25) is 5.02 Å². The molecule has 0 N–H and O–H groups in total. The standard InChI is InChI=1S/C23H18ClF3N2O3/c24-18-8-6-16(7-9-18)20-12-19(32-28-20)14-29(22(30)21-5-2-10-31-21)13-15-3-1-4-17(11-15)23(25,26)27/h1-11,19H,12-14H2. The Labute approximate surface area is 187 Å². The second-order valence-corrected chi connectivity index (χ2v) is 7.77. The lowest BCUT2D eigenvalue weighted by Gasteiger charge is -2.24. The number of nitrogens with zero attached hydrogens (tertiary/aromatic N) is 2. The molecule has 0 radical (unpaired) electrons. The molecule has 5 nitrogen and oxygen atoms in total. The maximum atomic E-state index is 13.1. The van der Waals surface area contributed by atoms with Gasteiger partial charge in [0.05, 0.1) is 24.1 Å². The van der Waals surface area contributed by atoms with E-state index in [2.05, 4.69) is 5.16 Å². The van der Waals surface area contributed by atoms with Crippen molar-refractivity contribution in [1.82, 2.24) is 4.90 Å². The van der Waals surface area contributed by atoms with Gasteiger partial charge < -0.3 is 14.2 Å². The Kier molecular flexibility index (Phi) is 6.23. The van der Waals surface area contributed by atoms with E-state index in [9.17, 15) is 18.0 Å². The molecule has 2 aromatic carbocycles. The third kappa shape index (κ3) is 5.13. The summed E-state index contributed by atoms with van der Waals surface area (Å²) in [7, 11) is 0. The Bertz CT molecular complexity index is 1110. The molecule has 2 heterocycles.